The van der Waals surface area contributed by atoms with E-state index in [1.807, 2.05) is 6.07 Å². The average Bonchev–Trinajstić information content (AvgIpc) is 2.45. The van der Waals surface area contributed by atoms with Gasteiger partial charge in [0.15, 0.2) is 5.78 Å². The van der Waals surface area contributed by atoms with Crippen molar-refractivity contribution in [3.8, 4) is 11.8 Å². The van der Waals surface area contributed by atoms with Crippen LogP contribution < -0.4 is 4.74 Å². The first kappa shape index (κ1) is 14.6. The molecule has 0 radical (unpaired) electrons. The number of ketones is 1. The monoisotopic (exact) mass is 291 g/mol. The van der Waals surface area contributed by atoms with E-state index in [9.17, 15) is 18.0 Å². The molecule has 0 amide bonds. The Morgan fingerprint density at radius 1 is 1.05 bits per heavy atom. The van der Waals surface area contributed by atoms with Crippen LogP contribution in [0, 0.1) is 11.3 Å². The van der Waals surface area contributed by atoms with Gasteiger partial charge in [0.2, 0.25) is 0 Å². The highest BCUT2D eigenvalue weighted by molar-refractivity contribution is 6.09. The molecule has 0 aliphatic rings. The number of nitriles is 1. The smallest absolute Gasteiger partial charge is 0.406 e. The molecule has 21 heavy (non-hydrogen) atoms. The first-order chi connectivity index (χ1) is 9.89. The summed E-state index contributed by atoms with van der Waals surface area (Å²) in [7, 11) is 0. The lowest BCUT2D eigenvalue weighted by molar-refractivity contribution is -0.274. The second kappa shape index (κ2) is 5.67. The highest BCUT2D eigenvalue weighted by Gasteiger charge is 2.31. The quantitative estimate of drug-likeness (QED) is 0.810. The summed E-state index contributed by atoms with van der Waals surface area (Å²) in [6.07, 6.45) is -4.81. The lowest BCUT2D eigenvalue weighted by Gasteiger charge is -2.09. The Labute approximate surface area is 118 Å². The zero-order valence-electron chi connectivity index (χ0n) is 10.5. The molecular weight excluding hydrogens is 283 g/mol. The number of alkyl halides is 3. The Balaban J connectivity index is 2.26. The van der Waals surface area contributed by atoms with Gasteiger partial charge >= 0.3 is 6.36 Å². The molecule has 0 atom stereocenters. The minimum atomic E-state index is -4.81. The van der Waals surface area contributed by atoms with Crippen LogP contribution in [0.2, 0.25) is 0 Å². The maximum absolute atomic E-state index is 12.1. The number of rotatable bonds is 3. The van der Waals surface area contributed by atoms with Gasteiger partial charge in [0.25, 0.3) is 0 Å². The van der Waals surface area contributed by atoms with E-state index in [0.717, 1.165) is 12.1 Å². The zero-order valence-corrected chi connectivity index (χ0v) is 10.5. The molecule has 2 rings (SSSR count). The van der Waals surface area contributed by atoms with Crippen molar-refractivity contribution in [2.24, 2.45) is 0 Å². The molecule has 0 saturated heterocycles. The fourth-order valence-corrected chi connectivity index (χ4v) is 1.70. The van der Waals surface area contributed by atoms with E-state index in [4.69, 9.17) is 5.26 Å². The normalized spacial score (nSPS) is 10.8. The van der Waals surface area contributed by atoms with Crippen LogP contribution in [0.15, 0.2) is 48.5 Å². The van der Waals surface area contributed by atoms with Crippen LogP contribution in [-0.4, -0.2) is 12.1 Å². The largest absolute Gasteiger partial charge is 0.573 e. The summed E-state index contributed by atoms with van der Waals surface area (Å²) in [6.45, 7) is 0. The number of halogens is 3. The number of benzene rings is 2. The van der Waals surface area contributed by atoms with Crippen LogP contribution in [0.4, 0.5) is 13.2 Å². The number of carbonyl (C=O) groups excluding carboxylic acids is 1. The number of hydrogen-bond acceptors (Lipinski definition) is 3. The Bertz CT molecular complexity index is 700. The van der Waals surface area contributed by atoms with Gasteiger partial charge in [-0.1, -0.05) is 12.1 Å². The minimum absolute atomic E-state index is 0.0708. The highest BCUT2D eigenvalue weighted by atomic mass is 19.4. The molecule has 0 spiro atoms. The molecule has 3 nitrogen and oxygen atoms in total. The SMILES string of the molecule is N#Cc1ccc(C(=O)c2cccc(OC(F)(F)F)c2)cc1. The predicted molar refractivity (Wildman–Crippen MR) is 67.7 cm³/mol. The van der Waals surface area contributed by atoms with Gasteiger partial charge in [-0.3, -0.25) is 4.79 Å². The fourth-order valence-electron chi connectivity index (χ4n) is 1.70. The third-order valence-corrected chi connectivity index (χ3v) is 2.61. The zero-order chi connectivity index (χ0) is 15.5. The van der Waals surface area contributed by atoms with E-state index in [1.165, 1.54) is 36.4 Å². The molecule has 0 saturated carbocycles. The molecule has 0 unspecified atom stereocenters. The lowest BCUT2D eigenvalue weighted by atomic mass is 10.0. The average molecular weight is 291 g/mol. The Morgan fingerprint density at radius 2 is 1.71 bits per heavy atom. The third kappa shape index (κ3) is 3.83. The van der Waals surface area contributed by atoms with Crippen molar-refractivity contribution < 1.29 is 22.7 Å². The van der Waals surface area contributed by atoms with Gasteiger partial charge in [-0.05, 0) is 36.4 Å². The molecule has 6 heteroatoms. The third-order valence-electron chi connectivity index (χ3n) is 2.61. The van der Waals surface area contributed by atoms with Crippen molar-refractivity contribution in [2.45, 2.75) is 6.36 Å². The fraction of sp³-hybridized carbons (Fsp3) is 0.0667. The van der Waals surface area contributed by atoms with Crippen molar-refractivity contribution in [1.82, 2.24) is 0 Å². The van der Waals surface area contributed by atoms with Crippen molar-refractivity contribution in [3.63, 3.8) is 0 Å². The first-order valence-corrected chi connectivity index (χ1v) is 5.80. The molecule has 0 heterocycles. The van der Waals surface area contributed by atoms with E-state index < -0.39 is 17.9 Å². The summed E-state index contributed by atoms with van der Waals surface area (Å²) in [5.41, 5.74) is 0.736. The van der Waals surface area contributed by atoms with E-state index in [1.54, 1.807) is 0 Å². The molecule has 2 aromatic rings. The summed E-state index contributed by atoms with van der Waals surface area (Å²) >= 11 is 0. The van der Waals surface area contributed by atoms with Gasteiger partial charge in [-0.15, -0.1) is 13.2 Å². The van der Waals surface area contributed by atoms with Crippen LogP contribution in [0.25, 0.3) is 0 Å². The maximum atomic E-state index is 12.1. The summed E-state index contributed by atoms with van der Waals surface area (Å²) < 4.78 is 40.2. The standard InChI is InChI=1S/C15H8F3NO2/c16-15(17,18)21-13-3-1-2-12(8-13)14(20)11-6-4-10(9-19)5-7-11/h1-8H. The number of hydrogen-bond donors (Lipinski definition) is 0. The second-order valence-corrected chi connectivity index (χ2v) is 4.09. The molecule has 0 bridgehead atoms. The number of nitrogens with zero attached hydrogens (tertiary/aromatic N) is 1. The van der Waals surface area contributed by atoms with Gasteiger partial charge in [0.05, 0.1) is 11.6 Å². The molecule has 0 aliphatic heterocycles. The molecule has 0 aromatic heterocycles. The van der Waals surface area contributed by atoms with Crippen molar-refractivity contribution in [2.75, 3.05) is 0 Å². The van der Waals surface area contributed by atoms with Crippen LogP contribution in [0.1, 0.15) is 21.5 Å². The van der Waals surface area contributed by atoms with Crippen LogP contribution >= 0.6 is 0 Å². The molecule has 106 valence electrons. The Hall–Kier alpha value is -2.81. The van der Waals surface area contributed by atoms with Crippen molar-refractivity contribution >= 4 is 5.78 Å². The van der Waals surface area contributed by atoms with Crippen LogP contribution in [0.5, 0.6) is 5.75 Å². The first-order valence-electron chi connectivity index (χ1n) is 5.80. The second-order valence-electron chi connectivity index (χ2n) is 4.09. The molecule has 2 aromatic carbocycles. The summed E-state index contributed by atoms with van der Waals surface area (Å²) in [5.74, 6) is -0.908. The van der Waals surface area contributed by atoms with Crippen LogP contribution in [0.3, 0.4) is 0 Å². The summed E-state index contributed by atoms with van der Waals surface area (Å²) in [4.78, 5) is 12.1. The van der Waals surface area contributed by atoms with Gasteiger partial charge in [0.1, 0.15) is 5.75 Å². The van der Waals surface area contributed by atoms with Crippen LogP contribution in [-0.2, 0) is 0 Å². The molecule has 0 fully saturated rings. The Kier molecular flexibility index (Phi) is 3.94. The van der Waals surface area contributed by atoms with Crippen molar-refractivity contribution in [1.29, 1.82) is 5.26 Å². The van der Waals surface area contributed by atoms with Gasteiger partial charge < -0.3 is 4.74 Å². The molecular formula is C15H8F3NO2. The Morgan fingerprint density at radius 3 is 2.29 bits per heavy atom. The maximum Gasteiger partial charge on any atom is 0.573 e. The van der Waals surface area contributed by atoms with E-state index in [-0.39, 0.29) is 11.1 Å². The van der Waals surface area contributed by atoms with E-state index in [2.05, 4.69) is 4.74 Å². The minimum Gasteiger partial charge on any atom is -0.406 e. The van der Waals surface area contributed by atoms with E-state index in [0.29, 0.717) is 5.56 Å². The predicted octanol–water partition coefficient (Wildman–Crippen LogP) is 3.69. The van der Waals surface area contributed by atoms with Gasteiger partial charge in [0, 0.05) is 11.1 Å². The molecule has 0 N–H and O–H groups in total. The molecule has 0 aliphatic carbocycles. The number of carbonyl (C=O) groups is 1. The van der Waals surface area contributed by atoms with Gasteiger partial charge in [-0.25, -0.2) is 0 Å². The lowest BCUT2D eigenvalue weighted by Crippen LogP contribution is -2.17. The summed E-state index contributed by atoms with van der Waals surface area (Å²) in [6, 6.07) is 12.6. The van der Waals surface area contributed by atoms with Crippen molar-refractivity contribution in [3.05, 3.63) is 65.2 Å². The van der Waals surface area contributed by atoms with E-state index >= 15 is 0 Å². The topological polar surface area (TPSA) is 50.1 Å². The number of ether oxygens (including phenoxy) is 1. The summed E-state index contributed by atoms with van der Waals surface area (Å²) in [5, 5.41) is 8.67. The highest BCUT2D eigenvalue weighted by Crippen LogP contribution is 2.24. The van der Waals surface area contributed by atoms with Gasteiger partial charge in [-0.2, -0.15) is 5.26 Å².